The molecule has 3 aromatic rings. The predicted molar refractivity (Wildman–Crippen MR) is 119 cm³/mol. The second-order valence-electron chi connectivity index (χ2n) is 7.18. The van der Waals surface area contributed by atoms with Gasteiger partial charge in [-0.25, -0.2) is 9.07 Å². The summed E-state index contributed by atoms with van der Waals surface area (Å²) in [6.45, 7) is 0.267. The molecule has 31 heavy (non-hydrogen) atoms. The van der Waals surface area contributed by atoms with E-state index in [1.807, 2.05) is 12.1 Å². The van der Waals surface area contributed by atoms with E-state index in [4.69, 9.17) is 11.6 Å². The third kappa shape index (κ3) is 5.45. The zero-order chi connectivity index (χ0) is 21.8. The largest absolute Gasteiger partial charge is 0.350 e. The lowest BCUT2D eigenvalue weighted by Crippen LogP contribution is -2.29. The van der Waals surface area contributed by atoms with E-state index in [0.717, 1.165) is 33.9 Å². The number of carbonyl (C=O) groups is 2. The average Bonchev–Trinajstić information content (AvgIpc) is 3.32. The summed E-state index contributed by atoms with van der Waals surface area (Å²) in [6.07, 6.45) is 0.195. The number of halogens is 2. The van der Waals surface area contributed by atoms with Crippen LogP contribution in [-0.4, -0.2) is 21.6 Å². The van der Waals surface area contributed by atoms with Gasteiger partial charge in [-0.15, -0.1) is 0 Å². The Morgan fingerprint density at radius 2 is 1.74 bits per heavy atom. The molecule has 0 saturated heterocycles. The number of nitrogens with zero attached hydrogens (tertiary/aromatic N) is 2. The van der Waals surface area contributed by atoms with E-state index >= 15 is 0 Å². The van der Waals surface area contributed by atoms with Crippen molar-refractivity contribution in [1.82, 2.24) is 15.1 Å². The van der Waals surface area contributed by atoms with Gasteiger partial charge < -0.3 is 10.6 Å². The monoisotopic (exact) mass is 458 g/mol. The van der Waals surface area contributed by atoms with E-state index in [1.54, 1.807) is 40.7 Å². The molecule has 0 atom stereocenters. The molecule has 1 aromatic heterocycles. The molecule has 0 bridgehead atoms. The van der Waals surface area contributed by atoms with E-state index in [1.165, 1.54) is 12.1 Å². The molecule has 1 aliphatic rings. The lowest BCUT2D eigenvalue weighted by molar-refractivity contribution is -0.122. The number of amides is 2. The van der Waals surface area contributed by atoms with Crippen LogP contribution in [0.1, 0.15) is 22.4 Å². The van der Waals surface area contributed by atoms with Crippen LogP contribution in [0.2, 0.25) is 5.02 Å². The van der Waals surface area contributed by atoms with Crippen LogP contribution in [0.4, 0.5) is 10.2 Å². The second-order valence-corrected chi connectivity index (χ2v) is 8.60. The maximum atomic E-state index is 13.0. The van der Waals surface area contributed by atoms with Crippen LogP contribution in [0.3, 0.4) is 0 Å². The molecule has 160 valence electrons. The summed E-state index contributed by atoms with van der Waals surface area (Å²) in [6, 6.07) is 13.1. The number of carbonyl (C=O) groups excluding carboxylic acids is 2. The molecule has 0 saturated carbocycles. The molecule has 4 rings (SSSR count). The first-order valence-corrected chi connectivity index (χ1v) is 11.2. The number of anilines is 1. The Kier molecular flexibility index (Phi) is 6.58. The standard InChI is InChI=1S/C22H20ClFN4O2S/c23-16-5-1-14(2-6-16)9-20(29)26-22-18-12-31-13-19(18)27-28(22)11-21(30)25-10-15-3-7-17(24)8-4-15/h1-8H,9-13H2,(H,25,30)(H,26,29). The molecule has 2 amide bonds. The van der Waals surface area contributed by atoms with E-state index in [0.29, 0.717) is 10.8 Å². The molecule has 2 heterocycles. The Bertz CT molecular complexity index is 1100. The minimum Gasteiger partial charge on any atom is -0.350 e. The SMILES string of the molecule is O=C(Cn1nc2c(c1NC(=O)Cc1ccc(Cl)cc1)CSC2)NCc1ccc(F)cc1. The van der Waals surface area contributed by atoms with Crippen molar-refractivity contribution in [1.29, 1.82) is 0 Å². The molecule has 6 nitrogen and oxygen atoms in total. The molecule has 0 fully saturated rings. The van der Waals surface area contributed by atoms with E-state index in [9.17, 15) is 14.0 Å². The fourth-order valence-electron chi connectivity index (χ4n) is 3.28. The Morgan fingerprint density at radius 3 is 2.48 bits per heavy atom. The topological polar surface area (TPSA) is 76.0 Å². The lowest BCUT2D eigenvalue weighted by atomic mass is 10.1. The molecule has 1 aliphatic heterocycles. The fraction of sp³-hybridized carbons (Fsp3) is 0.227. The Hall–Kier alpha value is -2.84. The van der Waals surface area contributed by atoms with Crippen LogP contribution >= 0.6 is 23.4 Å². The summed E-state index contributed by atoms with van der Waals surface area (Å²) in [4.78, 5) is 25.1. The summed E-state index contributed by atoms with van der Waals surface area (Å²) in [5.41, 5.74) is 3.49. The maximum Gasteiger partial charge on any atom is 0.242 e. The first kappa shape index (κ1) is 21.4. The van der Waals surface area contributed by atoms with Crippen molar-refractivity contribution >= 4 is 41.0 Å². The van der Waals surface area contributed by atoms with Gasteiger partial charge in [0.15, 0.2) is 0 Å². The van der Waals surface area contributed by atoms with Gasteiger partial charge in [-0.3, -0.25) is 9.59 Å². The van der Waals surface area contributed by atoms with Gasteiger partial charge in [-0.1, -0.05) is 35.9 Å². The van der Waals surface area contributed by atoms with Gasteiger partial charge in [0.1, 0.15) is 18.2 Å². The molecular formula is C22H20ClFN4O2S. The van der Waals surface area contributed by atoms with Crippen molar-refractivity contribution in [3.8, 4) is 0 Å². The Labute approximate surface area is 188 Å². The van der Waals surface area contributed by atoms with Crippen LogP contribution in [-0.2, 0) is 40.6 Å². The van der Waals surface area contributed by atoms with Gasteiger partial charge in [0.25, 0.3) is 0 Å². The number of nitrogens with one attached hydrogen (secondary N) is 2. The number of hydrogen-bond donors (Lipinski definition) is 2. The first-order chi connectivity index (χ1) is 15.0. The third-order valence-electron chi connectivity index (χ3n) is 4.85. The summed E-state index contributed by atoms with van der Waals surface area (Å²) < 4.78 is 14.6. The molecule has 0 unspecified atom stereocenters. The zero-order valence-electron chi connectivity index (χ0n) is 16.5. The third-order valence-corrected chi connectivity index (χ3v) is 6.07. The average molecular weight is 459 g/mol. The van der Waals surface area contributed by atoms with Crippen LogP contribution < -0.4 is 10.6 Å². The highest BCUT2D eigenvalue weighted by Gasteiger charge is 2.25. The molecule has 9 heteroatoms. The molecule has 0 aliphatic carbocycles. The molecular weight excluding hydrogens is 439 g/mol. The normalized spacial score (nSPS) is 12.5. The smallest absolute Gasteiger partial charge is 0.242 e. The van der Waals surface area contributed by atoms with E-state index in [-0.39, 0.29) is 37.1 Å². The van der Waals surface area contributed by atoms with Gasteiger partial charge in [0.2, 0.25) is 11.8 Å². The zero-order valence-corrected chi connectivity index (χ0v) is 18.1. The number of thioether (sulfide) groups is 1. The highest BCUT2D eigenvalue weighted by Crippen LogP contribution is 2.34. The van der Waals surface area contributed by atoms with Crippen molar-refractivity contribution in [2.24, 2.45) is 0 Å². The summed E-state index contributed by atoms with van der Waals surface area (Å²) in [5.74, 6) is 1.30. The van der Waals surface area contributed by atoms with E-state index < -0.39 is 0 Å². The van der Waals surface area contributed by atoms with Crippen LogP contribution in [0.25, 0.3) is 0 Å². The minimum atomic E-state index is -0.321. The number of fused-ring (bicyclic) bond motifs is 1. The number of hydrogen-bond acceptors (Lipinski definition) is 4. The van der Waals surface area contributed by atoms with Gasteiger partial charge in [0, 0.05) is 28.6 Å². The number of rotatable bonds is 7. The van der Waals surface area contributed by atoms with Crippen LogP contribution in [0, 0.1) is 5.82 Å². The molecule has 0 radical (unpaired) electrons. The predicted octanol–water partition coefficient (Wildman–Crippen LogP) is 3.92. The first-order valence-electron chi connectivity index (χ1n) is 9.69. The highest BCUT2D eigenvalue weighted by molar-refractivity contribution is 7.98. The van der Waals surface area contributed by atoms with Gasteiger partial charge in [0.05, 0.1) is 12.1 Å². The minimum absolute atomic E-state index is 0.0184. The Balaban J connectivity index is 1.42. The number of benzene rings is 2. The summed E-state index contributed by atoms with van der Waals surface area (Å²) >= 11 is 7.62. The van der Waals surface area contributed by atoms with Crippen LogP contribution in [0.15, 0.2) is 48.5 Å². The van der Waals surface area contributed by atoms with Crippen molar-refractivity contribution in [2.75, 3.05) is 5.32 Å². The highest BCUT2D eigenvalue weighted by atomic mass is 35.5. The Morgan fingerprint density at radius 1 is 1.03 bits per heavy atom. The van der Waals surface area contributed by atoms with Crippen molar-refractivity contribution in [3.05, 3.63) is 81.8 Å². The maximum absolute atomic E-state index is 13.0. The van der Waals surface area contributed by atoms with Crippen molar-refractivity contribution < 1.29 is 14.0 Å². The van der Waals surface area contributed by atoms with Crippen molar-refractivity contribution in [2.45, 2.75) is 31.0 Å². The summed E-state index contributed by atoms with van der Waals surface area (Å²) in [5, 5.41) is 10.9. The molecule has 0 spiro atoms. The van der Waals surface area contributed by atoms with E-state index in [2.05, 4.69) is 15.7 Å². The fourth-order valence-corrected chi connectivity index (χ4v) is 4.44. The quantitative estimate of drug-likeness (QED) is 0.562. The second kappa shape index (κ2) is 9.53. The van der Waals surface area contributed by atoms with Crippen molar-refractivity contribution in [3.63, 3.8) is 0 Å². The number of aromatic nitrogens is 2. The van der Waals surface area contributed by atoms with Gasteiger partial charge in [-0.05, 0) is 35.4 Å². The van der Waals surface area contributed by atoms with Gasteiger partial charge in [-0.2, -0.15) is 16.9 Å². The molecule has 2 aromatic carbocycles. The lowest BCUT2D eigenvalue weighted by Gasteiger charge is -2.12. The van der Waals surface area contributed by atoms with Crippen LogP contribution in [0.5, 0.6) is 0 Å². The summed E-state index contributed by atoms with van der Waals surface area (Å²) in [7, 11) is 0. The molecule has 2 N–H and O–H groups in total. The van der Waals surface area contributed by atoms with Gasteiger partial charge >= 0.3 is 0 Å².